The molecule has 5 heteroatoms. The van der Waals surface area contributed by atoms with Gasteiger partial charge in [0.2, 0.25) is 5.91 Å². The number of hydrogen-bond donors (Lipinski definition) is 0. The summed E-state index contributed by atoms with van der Waals surface area (Å²) in [5.41, 5.74) is 4.41. The molecule has 2 rings (SSSR count). The quantitative estimate of drug-likeness (QED) is 0.493. The van der Waals surface area contributed by atoms with Crippen LogP contribution in [-0.2, 0) is 4.79 Å². The van der Waals surface area contributed by atoms with Crippen LogP contribution >= 0.6 is 0 Å². The first kappa shape index (κ1) is 25.8. The molecule has 31 heavy (non-hydrogen) atoms. The van der Waals surface area contributed by atoms with Crippen LogP contribution in [0.25, 0.3) is 0 Å². The number of allylic oxidation sites excluding steroid dienone is 5. The molecule has 1 amide bonds. The number of rotatable bonds is 10. The molecule has 176 valence electrons. The molecule has 0 N–H and O–H groups in total. The number of likely N-dealkylation sites (N-methyl/N-ethyl adjacent to an activating group) is 1. The van der Waals surface area contributed by atoms with Crippen LogP contribution in [0.5, 0.6) is 0 Å². The molecule has 0 aromatic carbocycles. The molecule has 2 aliphatic rings. The maximum atomic E-state index is 12.5. The van der Waals surface area contributed by atoms with Gasteiger partial charge in [-0.2, -0.15) is 0 Å². The van der Waals surface area contributed by atoms with Crippen molar-refractivity contribution in [1.82, 2.24) is 19.6 Å². The zero-order valence-electron chi connectivity index (χ0n) is 20.8. The van der Waals surface area contributed by atoms with E-state index in [1.807, 2.05) is 4.90 Å². The van der Waals surface area contributed by atoms with Crippen molar-refractivity contribution in [3.8, 4) is 0 Å². The lowest BCUT2D eigenvalue weighted by molar-refractivity contribution is -0.134. The van der Waals surface area contributed by atoms with Crippen molar-refractivity contribution in [3.05, 3.63) is 34.9 Å². The van der Waals surface area contributed by atoms with Gasteiger partial charge in [0.25, 0.3) is 0 Å². The van der Waals surface area contributed by atoms with Gasteiger partial charge < -0.3 is 9.80 Å². The van der Waals surface area contributed by atoms with Crippen molar-refractivity contribution >= 4 is 5.91 Å². The van der Waals surface area contributed by atoms with Crippen molar-refractivity contribution in [2.45, 2.75) is 53.4 Å². The first-order chi connectivity index (χ1) is 14.8. The highest BCUT2D eigenvalue weighted by Crippen LogP contribution is 2.12. The SMILES string of the molecule is CC(C)=CCC/C(C)=C/CC/C(C)=C/CN1CCN(CC(=O)N2CCN(C)CC2)CC1. The summed E-state index contributed by atoms with van der Waals surface area (Å²) in [5, 5.41) is 0. The average Bonchev–Trinajstić information content (AvgIpc) is 2.73. The van der Waals surface area contributed by atoms with Crippen LogP contribution in [0.1, 0.15) is 53.4 Å². The lowest BCUT2D eigenvalue weighted by Gasteiger charge is -2.37. The Bertz CT molecular complexity index is 632. The second-order valence-electron chi connectivity index (χ2n) is 9.72. The maximum Gasteiger partial charge on any atom is 0.236 e. The topological polar surface area (TPSA) is 30.0 Å². The van der Waals surface area contributed by atoms with Gasteiger partial charge in [0.15, 0.2) is 0 Å². The molecule has 0 unspecified atom stereocenters. The van der Waals surface area contributed by atoms with Crippen LogP contribution in [0.2, 0.25) is 0 Å². The molecule has 5 nitrogen and oxygen atoms in total. The van der Waals surface area contributed by atoms with E-state index in [0.29, 0.717) is 12.5 Å². The van der Waals surface area contributed by atoms with Gasteiger partial charge in [0, 0.05) is 58.9 Å². The number of carbonyl (C=O) groups is 1. The lowest BCUT2D eigenvalue weighted by atomic mass is 10.1. The molecule has 2 heterocycles. The standard InChI is InChI=1S/C26H46N4O/c1-23(2)8-6-9-24(3)10-7-11-25(4)12-13-28-16-18-29(19-17-28)22-26(31)30-20-14-27(5)15-21-30/h8,10,12H,6-7,9,11,13-22H2,1-5H3/b24-10+,25-12+. The van der Waals surface area contributed by atoms with Crippen molar-refractivity contribution < 1.29 is 4.79 Å². The first-order valence-corrected chi connectivity index (χ1v) is 12.2. The molecule has 0 bridgehead atoms. The molecule has 0 aromatic rings. The third-order valence-electron chi connectivity index (χ3n) is 6.50. The second kappa shape index (κ2) is 13.9. The number of nitrogens with zero attached hydrogens (tertiary/aromatic N) is 4. The van der Waals surface area contributed by atoms with Crippen molar-refractivity contribution in [3.63, 3.8) is 0 Å². The summed E-state index contributed by atoms with van der Waals surface area (Å²) in [6.45, 7) is 18.3. The summed E-state index contributed by atoms with van der Waals surface area (Å²) in [4.78, 5) is 21.7. The highest BCUT2D eigenvalue weighted by molar-refractivity contribution is 5.78. The van der Waals surface area contributed by atoms with Crippen molar-refractivity contribution in [1.29, 1.82) is 0 Å². The van der Waals surface area contributed by atoms with E-state index in [4.69, 9.17) is 0 Å². The molecule has 0 atom stereocenters. The monoisotopic (exact) mass is 430 g/mol. The Morgan fingerprint density at radius 2 is 1.26 bits per heavy atom. The van der Waals surface area contributed by atoms with Crippen LogP contribution in [-0.4, -0.2) is 98.0 Å². The molecule has 0 aliphatic carbocycles. The second-order valence-corrected chi connectivity index (χ2v) is 9.72. The predicted octanol–water partition coefficient (Wildman–Crippen LogP) is 3.80. The minimum Gasteiger partial charge on any atom is -0.339 e. The third kappa shape index (κ3) is 10.6. The van der Waals surface area contributed by atoms with Crippen LogP contribution in [0.3, 0.4) is 0 Å². The summed E-state index contributed by atoms with van der Waals surface area (Å²) in [5.74, 6) is 0.307. The average molecular weight is 431 g/mol. The molecular formula is C26H46N4O. The van der Waals surface area contributed by atoms with Gasteiger partial charge in [-0.3, -0.25) is 14.6 Å². The molecule has 2 fully saturated rings. The van der Waals surface area contributed by atoms with Gasteiger partial charge in [-0.15, -0.1) is 0 Å². The zero-order chi connectivity index (χ0) is 22.6. The van der Waals surface area contributed by atoms with Gasteiger partial charge in [-0.05, 0) is 60.4 Å². The molecule has 0 spiro atoms. The van der Waals surface area contributed by atoms with E-state index in [-0.39, 0.29) is 0 Å². The fourth-order valence-electron chi connectivity index (χ4n) is 4.10. The van der Waals surface area contributed by atoms with Crippen molar-refractivity contribution in [2.24, 2.45) is 0 Å². The Labute approximate surface area is 191 Å². The van der Waals surface area contributed by atoms with E-state index in [9.17, 15) is 4.79 Å². The van der Waals surface area contributed by atoms with Gasteiger partial charge in [0.05, 0.1) is 6.54 Å². The largest absolute Gasteiger partial charge is 0.339 e. The summed E-state index contributed by atoms with van der Waals surface area (Å²) in [6.07, 6.45) is 11.8. The fraction of sp³-hybridized carbons (Fsp3) is 0.731. The molecule has 2 aliphatic heterocycles. The summed E-state index contributed by atoms with van der Waals surface area (Å²) >= 11 is 0. The number of carbonyl (C=O) groups excluding carboxylic acids is 1. The van der Waals surface area contributed by atoms with E-state index in [1.165, 1.54) is 23.1 Å². The summed E-state index contributed by atoms with van der Waals surface area (Å²) < 4.78 is 0. The van der Waals surface area contributed by atoms with Crippen LogP contribution < -0.4 is 0 Å². The normalized spacial score (nSPS) is 20.2. The third-order valence-corrected chi connectivity index (χ3v) is 6.50. The van der Waals surface area contributed by atoms with Gasteiger partial charge in [0.1, 0.15) is 0 Å². The van der Waals surface area contributed by atoms with Gasteiger partial charge in [-0.25, -0.2) is 0 Å². The van der Waals surface area contributed by atoms with Crippen molar-refractivity contribution in [2.75, 3.05) is 72.5 Å². The Morgan fingerprint density at radius 1 is 0.710 bits per heavy atom. The molecule has 0 radical (unpaired) electrons. The minimum absolute atomic E-state index is 0.307. The lowest BCUT2D eigenvalue weighted by Crippen LogP contribution is -2.53. The first-order valence-electron chi connectivity index (χ1n) is 12.2. The van der Waals surface area contributed by atoms with Crippen LogP contribution in [0, 0.1) is 0 Å². The molecular weight excluding hydrogens is 384 g/mol. The van der Waals surface area contributed by atoms with E-state index in [1.54, 1.807) is 0 Å². The Kier molecular flexibility index (Phi) is 11.6. The summed E-state index contributed by atoms with van der Waals surface area (Å²) in [7, 11) is 2.13. The van der Waals surface area contributed by atoms with Gasteiger partial charge >= 0.3 is 0 Å². The Hall–Kier alpha value is -1.43. The Morgan fingerprint density at radius 3 is 1.87 bits per heavy atom. The number of piperazine rings is 2. The number of hydrogen-bond acceptors (Lipinski definition) is 4. The van der Waals surface area contributed by atoms with E-state index >= 15 is 0 Å². The minimum atomic E-state index is 0.307. The highest BCUT2D eigenvalue weighted by Gasteiger charge is 2.23. The fourth-order valence-corrected chi connectivity index (χ4v) is 4.10. The maximum absolute atomic E-state index is 12.5. The molecule has 0 saturated carbocycles. The Balaban J connectivity index is 1.60. The highest BCUT2D eigenvalue weighted by atomic mass is 16.2. The smallest absolute Gasteiger partial charge is 0.236 e. The molecule has 2 saturated heterocycles. The van der Waals surface area contributed by atoms with Gasteiger partial charge in [-0.1, -0.05) is 34.9 Å². The predicted molar refractivity (Wildman–Crippen MR) is 132 cm³/mol. The molecule has 0 aromatic heterocycles. The number of amides is 1. The van der Waals surface area contributed by atoms with E-state index < -0.39 is 0 Å². The summed E-state index contributed by atoms with van der Waals surface area (Å²) in [6, 6.07) is 0. The zero-order valence-corrected chi connectivity index (χ0v) is 20.8. The van der Waals surface area contributed by atoms with E-state index in [2.05, 4.69) is 67.7 Å². The van der Waals surface area contributed by atoms with E-state index in [0.717, 1.165) is 78.2 Å². The van der Waals surface area contributed by atoms with Crippen LogP contribution in [0.15, 0.2) is 34.9 Å². The van der Waals surface area contributed by atoms with Crippen LogP contribution in [0.4, 0.5) is 0 Å².